The molecule has 0 saturated carbocycles. The number of hydrogen-bond donors (Lipinski definition) is 1. The van der Waals surface area contributed by atoms with Gasteiger partial charge in [0, 0.05) is 41.0 Å². The SMILES string of the molecule is CC1(C)CN(c2cccc(-c3cnn4ccc(Cl)cc34)n2)CC(C)(C)N1. The number of nitrogens with one attached hydrogen (secondary N) is 1. The minimum Gasteiger partial charge on any atom is -0.353 e. The Hall–Kier alpha value is -2.11. The summed E-state index contributed by atoms with van der Waals surface area (Å²) >= 11 is 6.17. The highest BCUT2D eigenvalue weighted by atomic mass is 35.5. The zero-order valence-corrected chi connectivity index (χ0v) is 16.4. The molecule has 0 spiro atoms. The first-order chi connectivity index (χ1) is 12.2. The van der Waals surface area contributed by atoms with Crippen LogP contribution in [0.4, 0.5) is 5.82 Å². The second-order valence-corrected chi connectivity index (χ2v) is 8.80. The van der Waals surface area contributed by atoms with E-state index in [0.717, 1.165) is 35.7 Å². The largest absolute Gasteiger partial charge is 0.353 e. The average molecular weight is 370 g/mol. The summed E-state index contributed by atoms with van der Waals surface area (Å²) in [4.78, 5) is 7.31. The number of pyridine rings is 2. The van der Waals surface area contributed by atoms with Crippen LogP contribution in [0.5, 0.6) is 0 Å². The maximum absolute atomic E-state index is 6.17. The summed E-state index contributed by atoms with van der Waals surface area (Å²) in [7, 11) is 0. The van der Waals surface area contributed by atoms with Gasteiger partial charge in [0.05, 0.1) is 17.4 Å². The van der Waals surface area contributed by atoms with Crippen molar-refractivity contribution in [3.8, 4) is 11.3 Å². The monoisotopic (exact) mass is 369 g/mol. The molecular weight excluding hydrogens is 346 g/mol. The maximum atomic E-state index is 6.17. The van der Waals surface area contributed by atoms with E-state index in [0.29, 0.717) is 5.02 Å². The molecule has 1 saturated heterocycles. The number of rotatable bonds is 2. The van der Waals surface area contributed by atoms with Gasteiger partial charge in [-0.05, 0) is 52.0 Å². The van der Waals surface area contributed by atoms with Crippen LogP contribution >= 0.6 is 11.6 Å². The Balaban J connectivity index is 1.74. The third-order valence-electron chi connectivity index (χ3n) is 4.67. The van der Waals surface area contributed by atoms with E-state index in [4.69, 9.17) is 16.6 Å². The highest BCUT2D eigenvalue weighted by Crippen LogP contribution is 2.29. The molecular formula is C20H24ClN5. The van der Waals surface area contributed by atoms with Crippen molar-refractivity contribution < 1.29 is 0 Å². The summed E-state index contributed by atoms with van der Waals surface area (Å²) in [6.45, 7) is 10.8. The van der Waals surface area contributed by atoms with Crippen LogP contribution in [-0.2, 0) is 0 Å². The Kier molecular flexibility index (Phi) is 3.97. The molecule has 0 atom stereocenters. The minimum absolute atomic E-state index is 0.0252. The maximum Gasteiger partial charge on any atom is 0.129 e. The first kappa shape index (κ1) is 17.3. The number of hydrogen-bond acceptors (Lipinski definition) is 4. The van der Waals surface area contributed by atoms with Crippen LogP contribution in [-0.4, -0.2) is 38.8 Å². The van der Waals surface area contributed by atoms with Gasteiger partial charge in [-0.25, -0.2) is 9.50 Å². The molecule has 6 heteroatoms. The summed E-state index contributed by atoms with van der Waals surface area (Å²) in [6, 6.07) is 9.93. The Labute approximate surface area is 159 Å². The molecule has 26 heavy (non-hydrogen) atoms. The number of aromatic nitrogens is 3. The second kappa shape index (κ2) is 5.96. The quantitative estimate of drug-likeness (QED) is 0.741. The normalized spacial score (nSPS) is 19.0. The van der Waals surface area contributed by atoms with E-state index in [1.807, 2.05) is 35.1 Å². The molecule has 1 fully saturated rings. The molecule has 4 heterocycles. The minimum atomic E-state index is 0.0252. The molecule has 0 aliphatic carbocycles. The molecule has 0 radical (unpaired) electrons. The summed E-state index contributed by atoms with van der Waals surface area (Å²) in [6.07, 6.45) is 3.72. The average Bonchev–Trinajstić information content (AvgIpc) is 2.95. The van der Waals surface area contributed by atoms with E-state index < -0.39 is 0 Å². The van der Waals surface area contributed by atoms with Crippen LogP contribution in [0.1, 0.15) is 27.7 Å². The molecule has 1 N–H and O–H groups in total. The lowest BCUT2D eigenvalue weighted by Gasteiger charge is -2.48. The molecule has 3 aromatic rings. The van der Waals surface area contributed by atoms with E-state index in [1.54, 1.807) is 0 Å². The van der Waals surface area contributed by atoms with Crippen LogP contribution in [0.3, 0.4) is 0 Å². The van der Waals surface area contributed by atoms with Gasteiger partial charge in [0.15, 0.2) is 0 Å². The summed E-state index contributed by atoms with van der Waals surface area (Å²) in [5, 5.41) is 8.82. The fourth-order valence-corrected chi connectivity index (χ4v) is 4.23. The van der Waals surface area contributed by atoms with Crippen molar-refractivity contribution in [2.45, 2.75) is 38.8 Å². The van der Waals surface area contributed by atoms with E-state index in [-0.39, 0.29) is 11.1 Å². The van der Waals surface area contributed by atoms with Crippen LogP contribution < -0.4 is 10.2 Å². The van der Waals surface area contributed by atoms with Crippen molar-refractivity contribution in [2.75, 3.05) is 18.0 Å². The Morgan fingerprint density at radius 2 is 1.81 bits per heavy atom. The first-order valence-electron chi connectivity index (χ1n) is 8.87. The Morgan fingerprint density at radius 3 is 2.54 bits per heavy atom. The lowest BCUT2D eigenvalue weighted by atomic mass is 9.91. The number of anilines is 1. The summed E-state index contributed by atoms with van der Waals surface area (Å²) in [5.74, 6) is 0.992. The summed E-state index contributed by atoms with van der Waals surface area (Å²) < 4.78 is 1.83. The van der Waals surface area contributed by atoms with Gasteiger partial charge in [-0.15, -0.1) is 0 Å². The topological polar surface area (TPSA) is 45.5 Å². The van der Waals surface area contributed by atoms with E-state index in [2.05, 4.69) is 55.1 Å². The number of nitrogens with zero attached hydrogens (tertiary/aromatic N) is 4. The summed E-state index contributed by atoms with van der Waals surface area (Å²) in [5.41, 5.74) is 2.91. The zero-order chi connectivity index (χ0) is 18.5. The molecule has 5 nitrogen and oxygen atoms in total. The van der Waals surface area contributed by atoms with E-state index >= 15 is 0 Å². The second-order valence-electron chi connectivity index (χ2n) is 8.36. The smallest absolute Gasteiger partial charge is 0.129 e. The fourth-order valence-electron chi connectivity index (χ4n) is 4.07. The van der Waals surface area contributed by atoms with Crippen molar-refractivity contribution >= 4 is 22.9 Å². The number of fused-ring (bicyclic) bond motifs is 1. The van der Waals surface area contributed by atoms with Crippen molar-refractivity contribution in [2.24, 2.45) is 0 Å². The van der Waals surface area contributed by atoms with Gasteiger partial charge in [-0.3, -0.25) is 0 Å². The molecule has 0 amide bonds. The van der Waals surface area contributed by atoms with Crippen molar-refractivity contribution in [1.82, 2.24) is 19.9 Å². The van der Waals surface area contributed by atoms with Crippen molar-refractivity contribution in [1.29, 1.82) is 0 Å². The van der Waals surface area contributed by atoms with Gasteiger partial charge >= 0.3 is 0 Å². The third-order valence-corrected chi connectivity index (χ3v) is 4.90. The van der Waals surface area contributed by atoms with Gasteiger partial charge in [-0.2, -0.15) is 5.10 Å². The van der Waals surface area contributed by atoms with E-state index in [1.165, 1.54) is 0 Å². The molecule has 3 aromatic heterocycles. The van der Waals surface area contributed by atoms with Gasteiger partial charge < -0.3 is 10.2 Å². The lowest BCUT2D eigenvalue weighted by Crippen LogP contribution is -2.67. The van der Waals surface area contributed by atoms with Crippen LogP contribution in [0.2, 0.25) is 5.02 Å². The molecule has 0 aromatic carbocycles. The highest BCUT2D eigenvalue weighted by molar-refractivity contribution is 6.31. The number of piperazine rings is 1. The van der Waals surface area contributed by atoms with Gasteiger partial charge in [0.1, 0.15) is 5.82 Å². The third kappa shape index (κ3) is 3.29. The molecule has 136 valence electrons. The van der Waals surface area contributed by atoms with Gasteiger partial charge in [0.25, 0.3) is 0 Å². The Morgan fingerprint density at radius 1 is 1.08 bits per heavy atom. The predicted octanol–water partition coefficient (Wildman–Crippen LogP) is 4.02. The van der Waals surface area contributed by atoms with E-state index in [9.17, 15) is 0 Å². The lowest BCUT2D eigenvalue weighted by molar-refractivity contribution is 0.225. The molecule has 0 unspecified atom stereocenters. The fraction of sp³-hybridized carbons (Fsp3) is 0.400. The van der Waals surface area contributed by atoms with Crippen molar-refractivity contribution in [3.63, 3.8) is 0 Å². The van der Waals surface area contributed by atoms with Crippen LogP contribution in [0.25, 0.3) is 16.8 Å². The molecule has 4 rings (SSSR count). The Bertz CT molecular complexity index is 944. The van der Waals surface area contributed by atoms with Gasteiger partial charge in [-0.1, -0.05) is 17.7 Å². The zero-order valence-electron chi connectivity index (χ0n) is 15.6. The molecule has 1 aliphatic rings. The molecule has 0 bridgehead atoms. The van der Waals surface area contributed by atoms with Crippen LogP contribution in [0, 0.1) is 0 Å². The number of halogens is 1. The van der Waals surface area contributed by atoms with Crippen molar-refractivity contribution in [3.05, 3.63) is 47.7 Å². The standard InChI is InChI=1S/C20H24ClN5/c1-19(2)12-25(13-20(3,4)24-19)18-7-5-6-16(23-18)15-11-22-26-9-8-14(21)10-17(15)26/h5-11,24H,12-13H2,1-4H3. The first-order valence-corrected chi connectivity index (χ1v) is 9.25. The predicted molar refractivity (Wildman–Crippen MR) is 107 cm³/mol. The highest BCUT2D eigenvalue weighted by Gasteiger charge is 2.37. The molecule has 1 aliphatic heterocycles. The van der Waals surface area contributed by atoms with Crippen LogP contribution in [0.15, 0.2) is 42.7 Å². The van der Waals surface area contributed by atoms with Gasteiger partial charge in [0.2, 0.25) is 0 Å².